The molecule has 0 spiro atoms. The molecule has 6 heteroatoms. The number of benzene rings is 1. The van der Waals surface area contributed by atoms with Crippen molar-refractivity contribution < 1.29 is 22.7 Å². The Bertz CT molecular complexity index is 525. The van der Waals surface area contributed by atoms with Crippen LogP contribution in [0.3, 0.4) is 0 Å². The fraction of sp³-hybridized carbons (Fsp3) is 0.588. The van der Waals surface area contributed by atoms with Crippen molar-refractivity contribution in [2.24, 2.45) is 5.92 Å². The van der Waals surface area contributed by atoms with Crippen LogP contribution in [0.5, 0.6) is 0 Å². The average Bonchev–Trinajstić information content (AvgIpc) is 2.54. The number of nitrogens with one attached hydrogen (secondary N) is 1. The van der Waals surface area contributed by atoms with Crippen LogP contribution in [0, 0.1) is 5.92 Å². The van der Waals surface area contributed by atoms with Gasteiger partial charge in [-0.3, -0.25) is 4.79 Å². The zero-order chi connectivity index (χ0) is 16.9. The van der Waals surface area contributed by atoms with Gasteiger partial charge in [0.15, 0.2) is 0 Å². The molecule has 128 valence electrons. The predicted molar refractivity (Wildman–Crippen MR) is 80.8 cm³/mol. The van der Waals surface area contributed by atoms with Crippen molar-refractivity contribution in [1.29, 1.82) is 0 Å². The lowest BCUT2D eigenvalue weighted by Crippen LogP contribution is -2.36. The zero-order valence-electron chi connectivity index (χ0n) is 13.2. The van der Waals surface area contributed by atoms with E-state index in [1.807, 2.05) is 6.92 Å². The smallest absolute Gasteiger partial charge is 0.381 e. The summed E-state index contributed by atoms with van der Waals surface area (Å²) in [7, 11) is 0. The number of amides is 1. The molecule has 1 aromatic carbocycles. The Morgan fingerprint density at radius 2 is 2.04 bits per heavy atom. The van der Waals surface area contributed by atoms with Crippen LogP contribution in [0.4, 0.5) is 13.2 Å². The number of halogens is 3. The van der Waals surface area contributed by atoms with E-state index < -0.39 is 17.8 Å². The van der Waals surface area contributed by atoms with E-state index >= 15 is 0 Å². The van der Waals surface area contributed by atoms with Crippen LogP contribution < -0.4 is 5.32 Å². The lowest BCUT2D eigenvalue weighted by molar-refractivity contribution is -0.137. The highest BCUT2D eigenvalue weighted by molar-refractivity contribution is 5.79. The summed E-state index contributed by atoms with van der Waals surface area (Å²) in [6, 6.07) is 4.82. The molecule has 1 amide bonds. The summed E-state index contributed by atoms with van der Waals surface area (Å²) in [6.07, 6.45) is -1.68. The fourth-order valence-electron chi connectivity index (χ4n) is 2.79. The Kier molecular flexibility index (Phi) is 6.04. The molecule has 0 aliphatic carbocycles. The number of ether oxygens (including phenoxy) is 1. The van der Waals surface area contributed by atoms with E-state index in [-0.39, 0.29) is 11.8 Å². The van der Waals surface area contributed by atoms with Crippen molar-refractivity contribution in [3.63, 3.8) is 0 Å². The minimum absolute atomic E-state index is 0.0934. The van der Waals surface area contributed by atoms with E-state index in [9.17, 15) is 18.0 Å². The maximum absolute atomic E-state index is 12.9. The number of carbonyl (C=O) groups is 1. The average molecular weight is 329 g/mol. The van der Waals surface area contributed by atoms with Crippen LogP contribution in [0.1, 0.15) is 49.8 Å². The Balaban J connectivity index is 2.12. The second kappa shape index (κ2) is 7.81. The van der Waals surface area contributed by atoms with Crippen LogP contribution >= 0.6 is 0 Å². The van der Waals surface area contributed by atoms with Gasteiger partial charge in [0.25, 0.3) is 0 Å². The van der Waals surface area contributed by atoms with Crippen molar-refractivity contribution in [2.75, 3.05) is 13.2 Å². The zero-order valence-corrected chi connectivity index (χ0v) is 13.2. The number of carbonyl (C=O) groups excluding carboxylic acids is 1. The van der Waals surface area contributed by atoms with Crippen LogP contribution in [0.15, 0.2) is 24.3 Å². The van der Waals surface area contributed by atoms with E-state index in [0.717, 1.165) is 18.6 Å². The molecule has 1 heterocycles. The molecule has 2 rings (SSSR count). The highest BCUT2D eigenvalue weighted by atomic mass is 19.4. The van der Waals surface area contributed by atoms with E-state index in [1.54, 1.807) is 6.07 Å². The molecule has 1 aliphatic rings. The molecule has 1 aliphatic heterocycles. The summed E-state index contributed by atoms with van der Waals surface area (Å²) in [5, 5.41) is 2.92. The SMILES string of the molecule is CCCC(NC(=O)C1CCOCC1)c1cccc(C(F)(F)F)c1. The molecule has 1 fully saturated rings. The van der Waals surface area contributed by atoms with Gasteiger partial charge in [0.1, 0.15) is 0 Å². The molecule has 1 aromatic rings. The number of hydrogen-bond acceptors (Lipinski definition) is 2. The molecular formula is C17H22F3NO2. The lowest BCUT2D eigenvalue weighted by atomic mass is 9.96. The molecule has 23 heavy (non-hydrogen) atoms. The summed E-state index contributed by atoms with van der Waals surface area (Å²) in [4.78, 5) is 12.3. The molecule has 1 unspecified atom stereocenters. The first-order valence-corrected chi connectivity index (χ1v) is 7.97. The summed E-state index contributed by atoms with van der Waals surface area (Å²) in [5.74, 6) is -0.210. The summed E-state index contributed by atoms with van der Waals surface area (Å²) >= 11 is 0. The van der Waals surface area contributed by atoms with Gasteiger partial charge in [0.2, 0.25) is 5.91 Å². The number of rotatable bonds is 5. The highest BCUT2D eigenvalue weighted by Crippen LogP contribution is 2.31. The minimum Gasteiger partial charge on any atom is -0.381 e. The monoisotopic (exact) mass is 329 g/mol. The summed E-state index contributed by atoms with van der Waals surface area (Å²) in [6.45, 7) is 3.06. The topological polar surface area (TPSA) is 38.3 Å². The van der Waals surface area contributed by atoms with Gasteiger partial charge < -0.3 is 10.1 Å². The van der Waals surface area contributed by atoms with Gasteiger partial charge in [-0.05, 0) is 37.0 Å². The van der Waals surface area contributed by atoms with Crippen molar-refractivity contribution in [2.45, 2.75) is 44.8 Å². The maximum Gasteiger partial charge on any atom is 0.416 e. The molecule has 0 radical (unpaired) electrons. The van der Waals surface area contributed by atoms with E-state index in [4.69, 9.17) is 4.74 Å². The standard InChI is InChI=1S/C17H22F3NO2/c1-2-4-15(21-16(22)12-7-9-23-10-8-12)13-5-3-6-14(11-13)17(18,19)20/h3,5-6,11-12,15H,2,4,7-10H2,1H3,(H,21,22). The normalized spacial score (nSPS) is 17.7. The van der Waals surface area contributed by atoms with E-state index in [2.05, 4.69) is 5.32 Å². The van der Waals surface area contributed by atoms with Crippen LogP contribution in [0.2, 0.25) is 0 Å². The van der Waals surface area contributed by atoms with Gasteiger partial charge in [0, 0.05) is 19.1 Å². The van der Waals surface area contributed by atoms with Gasteiger partial charge in [-0.15, -0.1) is 0 Å². The number of hydrogen-bond donors (Lipinski definition) is 1. The lowest BCUT2D eigenvalue weighted by Gasteiger charge is -2.25. The Hall–Kier alpha value is -1.56. The van der Waals surface area contributed by atoms with Gasteiger partial charge in [-0.25, -0.2) is 0 Å². The Morgan fingerprint density at radius 1 is 1.35 bits per heavy atom. The quantitative estimate of drug-likeness (QED) is 0.883. The van der Waals surface area contributed by atoms with Gasteiger partial charge in [0.05, 0.1) is 11.6 Å². The van der Waals surface area contributed by atoms with Crippen molar-refractivity contribution in [3.05, 3.63) is 35.4 Å². The molecule has 1 N–H and O–H groups in total. The number of alkyl halides is 3. The first-order valence-electron chi connectivity index (χ1n) is 7.97. The molecule has 0 saturated carbocycles. The summed E-state index contributed by atoms with van der Waals surface area (Å²) < 4.78 is 43.8. The van der Waals surface area contributed by atoms with Crippen molar-refractivity contribution >= 4 is 5.91 Å². The highest BCUT2D eigenvalue weighted by Gasteiger charge is 2.31. The molecular weight excluding hydrogens is 307 g/mol. The largest absolute Gasteiger partial charge is 0.416 e. The fourth-order valence-corrected chi connectivity index (χ4v) is 2.79. The van der Waals surface area contributed by atoms with Crippen LogP contribution in [0.25, 0.3) is 0 Å². The Labute approximate surface area is 134 Å². The molecule has 0 bridgehead atoms. The Morgan fingerprint density at radius 3 is 2.65 bits per heavy atom. The van der Waals surface area contributed by atoms with Crippen LogP contribution in [-0.4, -0.2) is 19.1 Å². The first-order chi connectivity index (χ1) is 10.9. The van der Waals surface area contributed by atoms with E-state index in [0.29, 0.717) is 38.0 Å². The third kappa shape index (κ3) is 4.96. The maximum atomic E-state index is 12.9. The molecule has 3 nitrogen and oxygen atoms in total. The molecule has 1 atom stereocenters. The van der Waals surface area contributed by atoms with Gasteiger partial charge in [-0.2, -0.15) is 13.2 Å². The third-order valence-corrected chi connectivity index (χ3v) is 4.10. The second-order valence-corrected chi connectivity index (χ2v) is 5.86. The second-order valence-electron chi connectivity index (χ2n) is 5.86. The van der Waals surface area contributed by atoms with E-state index in [1.165, 1.54) is 6.07 Å². The van der Waals surface area contributed by atoms with Gasteiger partial charge in [-0.1, -0.05) is 25.5 Å². The minimum atomic E-state index is -4.38. The van der Waals surface area contributed by atoms with Gasteiger partial charge >= 0.3 is 6.18 Å². The molecule has 0 aromatic heterocycles. The summed E-state index contributed by atoms with van der Waals surface area (Å²) in [5.41, 5.74) is -0.182. The van der Waals surface area contributed by atoms with Crippen molar-refractivity contribution in [1.82, 2.24) is 5.32 Å². The van der Waals surface area contributed by atoms with Crippen molar-refractivity contribution in [3.8, 4) is 0 Å². The first kappa shape index (κ1) is 17.8. The molecule has 1 saturated heterocycles. The third-order valence-electron chi connectivity index (χ3n) is 4.10. The van der Waals surface area contributed by atoms with Crippen LogP contribution in [-0.2, 0) is 15.7 Å². The predicted octanol–water partition coefficient (Wildman–Crippen LogP) is 4.09.